The molecule has 1 aliphatic rings. The first-order chi connectivity index (χ1) is 9.20. The van der Waals surface area contributed by atoms with Gasteiger partial charge in [-0.3, -0.25) is 0 Å². The van der Waals surface area contributed by atoms with Gasteiger partial charge < -0.3 is 9.64 Å². The van der Waals surface area contributed by atoms with Gasteiger partial charge in [-0.05, 0) is 25.1 Å². The van der Waals surface area contributed by atoms with E-state index in [0.29, 0.717) is 13.3 Å². The van der Waals surface area contributed by atoms with E-state index in [1.807, 2.05) is 24.1 Å². The highest BCUT2D eigenvalue weighted by Gasteiger charge is 2.24. The molecule has 0 N–H and O–H groups in total. The Labute approximate surface area is 110 Å². The van der Waals surface area contributed by atoms with E-state index in [9.17, 15) is 4.39 Å². The van der Waals surface area contributed by atoms with Crippen molar-refractivity contribution in [2.45, 2.75) is 19.6 Å². The maximum absolute atomic E-state index is 13.2. The Morgan fingerprint density at radius 3 is 3.11 bits per heavy atom. The molecule has 0 radical (unpaired) electrons. The van der Waals surface area contributed by atoms with Gasteiger partial charge in [-0.25, -0.2) is 9.07 Å². The van der Waals surface area contributed by atoms with Crippen molar-refractivity contribution in [3.8, 4) is 0 Å². The first-order valence-corrected chi connectivity index (χ1v) is 6.19. The lowest BCUT2D eigenvalue weighted by molar-refractivity contribution is 0.0991. The molecule has 1 aliphatic heterocycles. The summed E-state index contributed by atoms with van der Waals surface area (Å²) in [7, 11) is 0. The average molecular weight is 262 g/mol. The van der Waals surface area contributed by atoms with E-state index in [1.165, 1.54) is 12.1 Å². The Balaban J connectivity index is 1.64. The lowest BCUT2D eigenvalue weighted by Crippen LogP contribution is -2.24. The van der Waals surface area contributed by atoms with E-state index in [-0.39, 0.29) is 11.9 Å². The predicted molar refractivity (Wildman–Crippen MR) is 68.2 cm³/mol. The van der Waals surface area contributed by atoms with Crippen LogP contribution in [-0.2, 0) is 11.3 Å². The van der Waals surface area contributed by atoms with Gasteiger partial charge >= 0.3 is 0 Å². The molecule has 0 bridgehead atoms. The number of rotatable bonds is 3. The number of benzene rings is 1. The summed E-state index contributed by atoms with van der Waals surface area (Å²) in [6.45, 7) is 3.76. The normalized spacial score (nSPS) is 19.1. The second-order valence-corrected chi connectivity index (χ2v) is 4.70. The van der Waals surface area contributed by atoms with Crippen LogP contribution in [0.3, 0.4) is 0 Å². The topological polar surface area (TPSA) is 43.2 Å². The number of halogens is 1. The smallest absolute Gasteiger partial charge is 0.125 e. The van der Waals surface area contributed by atoms with Gasteiger partial charge in [-0.1, -0.05) is 11.3 Å². The van der Waals surface area contributed by atoms with Gasteiger partial charge in [0.25, 0.3) is 0 Å². The summed E-state index contributed by atoms with van der Waals surface area (Å²) in [4.78, 5) is 2.01. The maximum atomic E-state index is 13.2. The zero-order valence-electron chi connectivity index (χ0n) is 10.7. The molecule has 0 aliphatic carbocycles. The Morgan fingerprint density at radius 2 is 2.37 bits per heavy atom. The maximum Gasteiger partial charge on any atom is 0.125 e. The zero-order chi connectivity index (χ0) is 13.2. The number of hydrogen-bond acceptors (Lipinski definition) is 4. The van der Waals surface area contributed by atoms with E-state index in [1.54, 1.807) is 10.7 Å². The van der Waals surface area contributed by atoms with Crippen molar-refractivity contribution in [2.75, 3.05) is 18.2 Å². The third kappa shape index (κ3) is 2.73. The monoisotopic (exact) mass is 262 g/mol. The van der Waals surface area contributed by atoms with Gasteiger partial charge in [-0.2, -0.15) is 0 Å². The molecule has 6 heteroatoms. The summed E-state index contributed by atoms with van der Waals surface area (Å²) in [5.74, 6) is -0.229. The average Bonchev–Trinajstić information content (AvgIpc) is 2.99. The molecule has 0 spiro atoms. The fourth-order valence-corrected chi connectivity index (χ4v) is 2.20. The van der Waals surface area contributed by atoms with Gasteiger partial charge in [0.05, 0.1) is 18.3 Å². The summed E-state index contributed by atoms with van der Waals surface area (Å²) >= 11 is 0. The van der Waals surface area contributed by atoms with Crippen LogP contribution in [0.5, 0.6) is 0 Å². The van der Waals surface area contributed by atoms with Gasteiger partial charge in [0, 0.05) is 18.4 Å². The molecule has 2 heterocycles. The van der Waals surface area contributed by atoms with Crippen LogP contribution >= 0.6 is 0 Å². The van der Waals surface area contributed by atoms with Crippen LogP contribution in [0.2, 0.25) is 0 Å². The highest BCUT2D eigenvalue weighted by molar-refractivity contribution is 5.46. The summed E-state index contributed by atoms with van der Waals surface area (Å²) in [6.07, 6.45) is 1.93. The number of hydrogen-bond donors (Lipinski definition) is 0. The first-order valence-electron chi connectivity index (χ1n) is 6.19. The van der Waals surface area contributed by atoms with E-state index in [2.05, 4.69) is 10.3 Å². The van der Waals surface area contributed by atoms with Gasteiger partial charge in [-0.15, -0.1) is 5.10 Å². The second kappa shape index (κ2) is 4.97. The van der Waals surface area contributed by atoms with Crippen molar-refractivity contribution in [1.82, 2.24) is 15.0 Å². The quantitative estimate of drug-likeness (QED) is 0.842. The molecule has 1 aromatic heterocycles. The second-order valence-electron chi connectivity index (χ2n) is 4.70. The summed E-state index contributed by atoms with van der Waals surface area (Å²) in [5, 5.41) is 7.94. The van der Waals surface area contributed by atoms with Crippen molar-refractivity contribution in [2.24, 2.45) is 0 Å². The number of aryl methyl sites for hydroxylation is 1. The van der Waals surface area contributed by atoms with E-state index >= 15 is 0 Å². The van der Waals surface area contributed by atoms with Crippen molar-refractivity contribution in [1.29, 1.82) is 0 Å². The number of anilines is 1. The van der Waals surface area contributed by atoms with Crippen LogP contribution < -0.4 is 4.90 Å². The van der Waals surface area contributed by atoms with Crippen LogP contribution in [0.4, 0.5) is 10.1 Å². The summed E-state index contributed by atoms with van der Waals surface area (Å²) in [6, 6.07) is 6.55. The third-order valence-corrected chi connectivity index (χ3v) is 3.11. The molecule has 0 saturated carbocycles. The Kier molecular flexibility index (Phi) is 3.16. The number of ether oxygens (including phenoxy) is 1. The van der Waals surface area contributed by atoms with E-state index in [4.69, 9.17) is 4.74 Å². The Bertz CT molecular complexity index is 571. The molecule has 2 aromatic rings. The molecule has 5 nitrogen and oxygen atoms in total. The van der Waals surface area contributed by atoms with E-state index < -0.39 is 0 Å². The van der Waals surface area contributed by atoms with Crippen LogP contribution in [0.1, 0.15) is 5.69 Å². The van der Waals surface area contributed by atoms with Crippen LogP contribution in [0.15, 0.2) is 30.5 Å². The molecule has 0 amide bonds. The molecule has 19 heavy (non-hydrogen) atoms. The minimum absolute atomic E-state index is 0.0457. The zero-order valence-corrected chi connectivity index (χ0v) is 10.7. The van der Waals surface area contributed by atoms with Gasteiger partial charge in [0.2, 0.25) is 0 Å². The van der Waals surface area contributed by atoms with Crippen molar-refractivity contribution in [3.63, 3.8) is 0 Å². The molecule has 0 unspecified atom stereocenters. The third-order valence-electron chi connectivity index (χ3n) is 3.11. The summed E-state index contributed by atoms with van der Waals surface area (Å²) < 4.78 is 20.6. The molecule has 1 aromatic carbocycles. The standard InChI is InChI=1S/C13H15FN4O/c1-10-6-18(16-15-10)8-13-7-17(9-19-13)12-4-2-3-11(14)5-12/h2-6,13H,7-9H2,1H3/t13-/m1/s1. The molecule has 1 fully saturated rings. The molecule has 1 saturated heterocycles. The highest BCUT2D eigenvalue weighted by atomic mass is 19.1. The van der Waals surface area contributed by atoms with Crippen LogP contribution in [0, 0.1) is 12.7 Å². The molecule has 1 atom stereocenters. The van der Waals surface area contributed by atoms with Crippen molar-refractivity contribution < 1.29 is 9.13 Å². The van der Waals surface area contributed by atoms with Gasteiger partial charge in [0.1, 0.15) is 12.5 Å². The SMILES string of the molecule is Cc1cn(C[C@H]2CN(c3cccc(F)c3)CO2)nn1. The molecular weight excluding hydrogens is 247 g/mol. The first kappa shape index (κ1) is 12.1. The minimum Gasteiger partial charge on any atom is -0.354 e. The predicted octanol–water partition coefficient (Wildman–Crippen LogP) is 1.59. The van der Waals surface area contributed by atoms with Gasteiger partial charge in [0.15, 0.2) is 0 Å². The van der Waals surface area contributed by atoms with Crippen molar-refractivity contribution in [3.05, 3.63) is 42.0 Å². The van der Waals surface area contributed by atoms with Crippen LogP contribution in [-0.4, -0.2) is 34.4 Å². The van der Waals surface area contributed by atoms with E-state index in [0.717, 1.165) is 17.9 Å². The molecule has 100 valence electrons. The highest BCUT2D eigenvalue weighted by Crippen LogP contribution is 2.21. The fourth-order valence-electron chi connectivity index (χ4n) is 2.20. The molecule has 3 rings (SSSR count). The number of nitrogens with zero attached hydrogens (tertiary/aromatic N) is 4. The Morgan fingerprint density at radius 1 is 1.47 bits per heavy atom. The Hall–Kier alpha value is -1.95. The lowest BCUT2D eigenvalue weighted by atomic mass is 10.2. The fraction of sp³-hybridized carbons (Fsp3) is 0.385. The minimum atomic E-state index is -0.229. The summed E-state index contributed by atoms with van der Waals surface area (Å²) in [5.41, 5.74) is 1.73. The lowest BCUT2D eigenvalue weighted by Gasteiger charge is -2.16. The number of aromatic nitrogens is 3. The largest absolute Gasteiger partial charge is 0.354 e. The van der Waals surface area contributed by atoms with Crippen LogP contribution in [0.25, 0.3) is 0 Å². The molecular formula is C13H15FN4O. The van der Waals surface area contributed by atoms with Crippen molar-refractivity contribution >= 4 is 5.69 Å².